The summed E-state index contributed by atoms with van der Waals surface area (Å²) in [5.74, 6) is 3.88. The number of sulfonamides is 1. The Morgan fingerprint density at radius 2 is 2.24 bits per heavy atom. The van der Waals surface area contributed by atoms with Gasteiger partial charge >= 0.3 is 5.97 Å². The van der Waals surface area contributed by atoms with Crippen molar-refractivity contribution in [2.75, 3.05) is 12.0 Å². The van der Waals surface area contributed by atoms with Gasteiger partial charge in [-0.2, -0.15) is 4.72 Å². The number of aromatic nitrogens is 1. The van der Waals surface area contributed by atoms with Crippen LogP contribution in [0.15, 0.2) is 17.2 Å². The molecule has 0 amide bonds. The molecule has 0 aliphatic heterocycles. The summed E-state index contributed by atoms with van der Waals surface area (Å²) >= 11 is 5.68. The van der Waals surface area contributed by atoms with Gasteiger partial charge in [-0.15, -0.1) is 0 Å². The number of carbonyl (C=O) groups is 1. The molecule has 0 aromatic carbocycles. The van der Waals surface area contributed by atoms with Crippen LogP contribution in [-0.2, 0) is 14.8 Å². The third kappa shape index (κ3) is 3.53. The van der Waals surface area contributed by atoms with E-state index in [2.05, 4.69) is 10.4 Å². The topological polar surface area (TPSA) is 134 Å². The highest BCUT2D eigenvalue weighted by molar-refractivity contribution is 7.89. The van der Waals surface area contributed by atoms with Crippen molar-refractivity contribution in [2.45, 2.75) is 4.90 Å². The summed E-state index contributed by atoms with van der Waals surface area (Å²) in [5, 5.41) is 8.37. The van der Waals surface area contributed by atoms with E-state index in [-0.39, 0.29) is 15.7 Å². The number of nitrogens with two attached hydrogens (primary N) is 1. The zero-order valence-electron chi connectivity index (χ0n) is 8.34. The highest BCUT2D eigenvalue weighted by Crippen LogP contribution is 2.21. The third-order valence-electron chi connectivity index (χ3n) is 1.68. The molecule has 0 unspecified atom stereocenters. The smallest absolute Gasteiger partial charge is 0.318 e. The summed E-state index contributed by atoms with van der Waals surface area (Å²) in [6.45, 7) is -0.725. The van der Waals surface area contributed by atoms with E-state index in [0.29, 0.717) is 0 Å². The Labute approximate surface area is 102 Å². The largest absolute Gasteiger partial charge is 0.480 e. The number of carboxylic acids is 1. The fraction of sp³-hybridized carbons (Fsp3) is 0.143. The Morgan fingerprint density at radius 1 is 1.59 bits per heavy atom. The second kappa shape index (κ2) is 5.27. The van der Waals surface area contributed by atoms with E-state index in [1.54, 1.807) is 0 Å². The molecule has 94 valence electrons. The standard InChI is InChI=1S/C7H9ClN4O4S/c8-5-1-4(2-10-7(5)12-9)17(15,16)11-3-6(13)14/h1-2,11H,3,9H2,(H,10,12)(H,13,14). The van der Waals surface area contributed by atoms with Crippen LogP contribution in [-0.4, -0.2) is 31.0 Å². The second-order valence-electron chi connectivity index (χ2n) is 2.86. The Hall–Kier alpha value is -1.42. The predicted octanol–water partition coefficient (Wildman–Crippen LogP) is -0.616. The maximum Gasteiger partial charge on any atom is 0.318 e. The van der Waals surface area contributed by atoms with Crippen LogP contribution in [0.5, 0.6) is 0 Å². The number of halogens is 1. The number of carboxylic acid groups (broad SMARTS) is 1. The number of hydrogen-bond donors (Lipinski definition) is 4. The van der Waals surface area contributed by atoms with Crippen molar-refractivity contribution in [3.05, 3.63) is 17.3 Å². The summed E-state index contributed by atoms with van der Waals surface area (Å²) in [5.41, 5.74) is 2.17. The number of aliphatic carboxylic acids is 1. The van der Waals surface area contributed by atoms with Gasteiger partial charge in [0.1, 0.15) is 11.4 Å². The number of rotatable bonds is 5. The highest BCUT2D eigenvalue weighted by atomic mass is 35.5. The molecule has 0 saturated heterocycles. The van der Waals surface area contributed by atoms with E-state index in [1.807, 2.05) is 4.72 Å². The first-order valence-corrected chi connectivity index (χ1v) is 6.06. The third-order valence-corrected chi connectivity index (χ3v) is 3.33. The lowest BCUT2D eigenvalue weighted by atomic mass is 10.5. The van der Waals surface area contributed by atoms with Crippen molar-refractivity contribution in [3.63, 3.8) is 0 Å². The molecule has 0 aliphatic carbocycles. The van der Waals surface area contributed by atoms with Gasteiger partial charge in [0.25, 0.3) is 0 Å². The first-order chi connectivity index (χ1) is 7.86. The van der Waals surface area contributed by atoms with Crippen molar-refractivity contribution < 1.29 is 18.3 Å². The molecular formula is C7H9ClN4O4S. The van der Waals surface area contributed by atoms with Crippen molar-refractivity contribution in [2.24, 2.45) is 5.84 Å². The van der Waals surface area contributed by atoms with Crippen molar-refractivity contribution in [1.82, 2.24) is 9.71 Å². The first-order valence-electron chi connectivity index (χ1n) is 4.20. The molecule has 1 heterocycles. The first kappa shape index (κ1) is 13.6. The predicted molar refractivity (Wildman–Crippen MR) is 59.9 cm³/mol. The van der Waals surface area contributed by atoms with Crippen LogP contribution in [0.2, 0.25) is 5.02 Å². The zero-order valence-corrected chi connectivity index (χ0v) is 9.92. The van der Waals surface area contributed by atoms with Gasteiger partial charge in [0.15, 0.2) is 5.82 Å². The van der Waals surface area contributed by atoms with Crippen LogP contribution in [0.4, 0.5) is 5.82 Å². The maximum absolute atomic E-state index is 11.6. The van der Waals surface area contributed by atoms with Gasteiger partial charge in [0.05, 0.1) is 5.02 Å². The summed E-state index contributed by atoms with van der Waals surface area (Å²) in [6.07, 6.45) is 1.01. The number of nitrogens with zero attached hydrogens (tertiary/aromatic N) is 1. The Balaban J connectivity index is 2.99. The fourth-order valence-electron chi connectivity index (χ4n) is 0.914. The van der Waals surface area contributed by atoms with Crippen LogP contribution < -0.4 is 16.0 Å². The molecule has 0 bridgehead atoms. The van der Waals surface area contributed by atoms with Crippen LogP contribution in [0.1, 0.15) is 0 Å². The number of hydrogen-bond acceptors (Lipinski definition) is 6. The second-order valence-corrected chi connectivity index (χ2v) is 5.04. The van der Waals surface area contributed by atoms with Gasteiger partial charge in [0.2, 0.25) is 10.0 Å². The molecule has 5 N–H and O–H groups in total. The van der Waals surface area contributed by atoms with Gasteiger partial charge in [0, 0.05) is 6.20 Å². The Morgan fingerprint density at radius 3 is 2.71 bits per heavy atom. The van der Waals surface area contributed by atoms with Crippen LogP contribution in [0, 0.1) is 0 Å². The van der Waals surface area contributed by atoms with Gasteiger partial charge in [-0.3, -0.25) is 4.79 Å². The van der Waals surface area contributed by atoms with E-state index in [1.165, 1.54) is 0 Å². The molecule has 0 spiro atoms. The fourth-order valence-corrected chi connectivity index (χ4v) is 2.14. The SMILES string of the molecule is NNc1ncc(S(=O)(=O)NCC(=O)O)cc1Cl. The summed E-state index contributed by atoms with van der Waals surface area (Å²) < 4.78 is 25.0. The van der Waals surface area contributed by atoms with E-state index >= 15 is 0 Å². The van der Waals surface area contributed by atoms with Gasteiger partial charge in [-0.05, 0) is 6.07 Å². The molecule has 0 radical (unpaired) electrons. The summed E-state index contributed by atoms with van der Waals surface area (Å²) in [4.78, 5) is 13.7. The Bertz CT molecular complexity index is 533. The van der Waals surface area contributed by atoms with E-state index in [4.69, 9.17) is 22.6 Å². The van der Waals surface area contributed by atoms with Crippen molar-refractivity contribution >= 4 is 33.4 Å². The monoisotopic (exact) mass is 280 g/mol. The number of nitrogen functional groups attached to an aromatic ring is 1. The number of nitrogens with one attached hydrogen (secondary N) is 2. The molecular weight excluding hydrogens is 272 g/mol. The lowest BCUT2D eigenvalue weighted by Crippen LogP contribution is -2.29. The molecule has 0 atom stereocenters. The molecule has 17 heavy (non-hydrogen) atoms. The minimum atomic E-state index is -3.95. The normalized spacial score (nSPS) is 11.2. The molecule has 8 nitrogen and oxygen atoms in total. The average Bonchev–Trinajstić information content (AvgIpc) is 2.26. The summed E-state index contributed by atoms with van der Waals surface area (Å²) in [6, 6.07) is 1.11. The van der Waals surface area contributed by atoms with Crippen molar-refractivity contribution in [1.29, 1.82) is 0 Å². The van der Waals surface area contributed by atoms with Gasteiger partial charge in [-0.25, -0.2) is 19.2 Å². The number of pyridine rings is 1. The van der Waals surface area contributed by atoms with E-state index in [0.717, 1.165) is 12.3 Å². The quantitative estimate of drug-likeness (QED) is 0.417. The Kier molecular flexibility index (Phi) is 4.23. The van der Waals surface area contributed by atoms with Crippen molar-refractivity contribution in [3.8, 4) is 0 Å². The molecule has 0 fully saturated rings. The van der Waals surface area contributed by atoms with Gasteiger partial charge in [-0.1, -0.05) is 11.6 Å². The number of anilines is 1. The number of hydrazine groups is 1. The molecule has 0 aliphatic rings. The van der Waals surface area contributed by atoms with Gasteiger partial charge < -0.3 is 10.5 Å². The van der Waals surface area contributed by atoms with E-state index < -0.39 is 22.5 Å². The maximum atomic E-state index is 11.6. The molecule has 1 aromatic rings. The van der Waals surface area contributed by atoms with Crippen LogP contribution in [0.25, 0.3) is 0 Å². The molecule has 1 aromatic heterocycles. The average molecular weight is 281 g/mol. The molecule has 10 heteroatoms. The minimum Gasteiger partial charge on any atom is -0.480 e. The zero-order chi connectivity index (χ0) is 13.1. The lowest BCUT2D eigenvalue weighted by Gasteiger charge is -2.06. The van der Waals surface area contributed by atoms with Crippen LogP contribution in [0.3, 0.4) is 0 Å². The van der Waals surface area contributed by atoms with Crippen LogP contribution >= 0.6 is 11.6 Å². The minimum absolute atomic E-state index is 0.00528. The highest BCUT2D eigenvalue weighted by Gasteiger charge is 2.17. The summed E-state index contributed by atoms with van der Waals surface area (Å²) in [7, 11) is -3.95. The lowest BCUT2D eigenvalue weighted by molar-refractivity contribution is -0.135. The molecule has 1 rings (SSSR count). The van der Waals surface area contributed by atoms with E-state index in [9.17, 15) is 13.2 Å². The molecule has 0 saturated carbocycles.